The number of hydrogen-bond acceptors (Lipinski definition) is 5. The average molecular weight is 532 g/mol. The number of halogens is 2. The summed E-state index contributed by atoms with van der Waals surface area (Å²) >= 11 is 0. The standard InChI is InChI=1S/C29H34N2O3.2ClH/c1-3-27(32)34-29(25-12-8-5-9-13-25)28(24-10-6-4-7-11-24)31-20-18-30(19-21-31)22-23-14-16-26(33-2)17-15-23;;/h4-17,28-29H,3,18-22H2,1-2H3;2*1H. The smallest absolute Gasteiger partial charge is 0.306 e. The Morgan fingerprint density at radius 3 is 1.89 bits per heavy atom. The molecular formula is C29H36Cl2N2O3. The molecule has 1 heterocycles. The van der Waals surface area contributed by atoms with Crippen LogP contribution in [0.4, 0.5) is 0 Å². The first-order valence-electron chi connectivity index (χ1n) is 12.1. The van der Waals surface area contributed by atoms with E-state index in [0.717, 1.165) is 44.0 Å². The Labute approximate surface area is 227 Å². The van der Waals surface area contributed by atoms with Gasteiger partial charge in [0.25, 0.3) is 0 Å². The molecule has 36 heavy (non-hydrogen) atoms. The number of carbonyl (C=O) groups is 1. The Morgan fingerprint density at radius 2 is 1.36 bits per heavy atom. The molecule has 1 aliphatic rings. The van der Waals surface area contributed by atoms with Crippen LogP contribution in [0, 0.1) is 0 Å². The van der Waals surface area contributed by atoms with Crippen molar-refractivity contribution in [3.63, 3.8) is 0 Å². The third-order valence-electron chi connectivity index (χ3n) is 6.47. The van der Waals surface area contributed by atoms with Crippen molar-refractivity contribution in [3.8, 4) is 5.75 Å². The first-order chi connectivity index (χ1) is 16.7. The van der Waals surface area contributed by atoms with Gasteiger partial charge in [-0.2, -0.15) is 0 Å². The second-order valence-electron chi connectivity index (χ2n) is 8.69. The van der Waals surface area contributed by atoms with Gasteiger partial charge in [-0.15, -0.1) is 24.8 Å². The molecule has 0 bridgehead atoms. The van der Waals surface area contributed by atoms with Gasteiger partial charge in [0.1, 0.15) is 11.9 Å². The lowest BCUT2D eigenvalue weighted by atomic mass is 9.93. The zero-order valence-electron chi connectivity index (χ0n) is 20.9. The van der Waals surface area contributed by atoms with Crippen molar-refractivity contribution >= 4 is 30.8 Å². The summed E-state index contributed by atoms with van der Waals surface area (Å²) in [7, 11) is 1.69. The van der Waals surface area contributed by atoms with Crippen LogP contribution < -0.4 is 4.74 Å². The minimum Gasteiger partial charge on any atom is -0.497 e. The quantitative estimate of drug-likeness (QED) is 0.313. The number of methoxy groups -OCH3 is 1. The summed E-state index contributed by atoms with van der Waals surface area (Å²) in [6, 6.07) is 28.8. The summed E-state index contributed by atoms with van der Waals surface area (Å²) in [6.45, 7) is 6.49. The van der Waals surface area contributed by atoms with Crippen molar-refractivity contribution < 1.29 is 14.3 Å². The maximum atomic E-state index is 12.5. The van der Waals surface area contributed by atoms with Crippen LogP contribution in [0.1, 0.15) is 42.2 Å². The van der Waals surface area contributed by atoms with Gasteiger partial charge in [-0.05, 0) is 28.8 Å². The van der Waals surface area contributed by atoms with Gasteiger partial charge in [0.05, 0.1) is 13.2 Å². The highest BCUT2D eigenvalue weighted by molar-refractivity contribution is 5.85. The molecule has 3 aromatic rings. The maximum absolute atomic E-state index is 12.5. The molecule has 1 aliphatic heterocycles. The molecule has 0 saturated carbocycles. The average Bonchev–Trinajstić information content (AvgIpc) is 2.90. The molecule has 0 aliphatic carbocycles. The van der Waals surface area contributed by atoms with Gasteiger partial charge < -0.3 is 9.47 Å². The van der Waals surface area contributed by atoms with Gasteiger partial charge in [-0.3, -0.25) is 14.6 Å². The summed E-state index contributed by atoms with van der Waals surface area (Å²) in [5.74, 6) is 0.709. The molecule has 4 rings (SSSR count). The van der Waals surface area contributed by atoms with E-state index in [0.29, 0.717) is 6.42 Å². The van der Waals surface area contributed by atoms with Crippen LogP contribution in [0.5, 0.6) is 5.75 Å². The number of piperazine rings is 1. The number of ether oxygens (including phenoxy) is 2. The summed E-state index contributed by atoms with van der Waals surface area (Å²) in [6.07, 6.45) is 0.00436. The van der Waals surface area contributed by atoms with E-state index in [2.05, 4.69) is 58.3 Å². The Bertz CT molecular complexity index is 1030. The third kappa shape index (κ3) is 7.71. The number of rotatable bonds is 9. The van der Waals surface area contributed by atoms with Crippen LogP contribution in [0.3, 0.4) is 0 Å². The fraction of sp³-hybridized carbons (Fsp3) is 0.345. The Hall–Kier alpha value is -2.57. The minimum absolute atomic E-state index is 0. The van der Waals surface area contributed by atoms with E-state index in [1.165, 1.54) is 11.1 Å². The predicted molar refractivity (Wildman–Crippen MR) is 149 cm³/mol. The van der Waals surface area contributed by atoms with Gasteiger partial charge in [0.2, 0.25) is 0 Å². The number of hydrogen-bond donors (Lipinski definition) is 0. The van der Waals surface area contributed by atoms with Crippen LogP contribution in [-0.2, 0) is 16.1 Å². The molecule has 3 aromatic carbocycles. The lowest BCUT2D eigenvalue weighted by Crippen LogP contribution is -2.48. The second-order valence-corrected chi connectivity index (χ2v) is 8.69. The predicted octanol–water partition coefficient (Wildman–Crippen LogP) is 6.09. The topological polar surface area (TPSA) is 42.0 Å². The molecular weight excluding hydrogens is 495 g/mol. The lowest BCUT2D eigenvalue weighted by molar-refractivity contribution is -0.153. The van der Waals surface area contributed by atoms with E-state index in [9.17, 15) is 4.79 Å². The van der Waals surface area contributed by atoms with Gasteiger partial charge >= 0.3 is 5.97 Å². The molecule has 7 heteroatoms. The summed E-state index contributed by atoms with van der Waals surface area (Å²) in [5.41, 5.74) is 3.48. The van der Waals surface area contributed by atoms with Gasteiger partial charge in [0.15, 0.2) is 0 Å². The summed E-state index contributed by atoms with van der Waals surface area (Å²) in [4.78, 5) is 17.4. The SMILES string of the molecule is CCC(=O)OC(c1ccccc1)C(c1ccccc1)N1CCN(Cc2ccc(OC)cc2)CC1.Cl.Cl. The van der Waals surface area contributed by atoms with Crippen molar-refractivity contribution in [3.05, 3.63) is 102 Å². The molecule has 0 spiro atoms. The summed E-state index contributed by atoms with van der Waals surface area (Å²) < 4.78 is 11.4. The van der Waals surface area contributed by atoms with Crippen molar-refractivity contribution in [2.45, 2.75) is 32.0 Å². The monoisotopic (exact) mass is 530 g/mol. The van der Waals surface area contributed by atoms with Crippen molar-refractivity contribution in [1.82, 2.24) is 9.80 Å². The van der Waals surface area contributed by atoms with E-state index in [4.69, 9.17) is 9.47 Å². The van der Waals surface area contributed by atoms with E-state index < -0.39 is 0 Å². The van der Waals surface area contributed by atoms with Crippen LogP contribution in [0.25, 0.3) is 0 Å². The van der Waals surface area contributed by atoms with Crippen molar-refractivity contribution in [2.75, 3.05) is 33.3 Å². The fourth-order valence-electron chi connectivity index (χ4n) is 4.60. The third-order valence-corrected chi connectivity index (χ3v) is 6.47. The Balaban J connectivity index is 0.00000228. The highest BCUT2D eigenvalue weighted by Gasteiger charge is 2.34. The molecule has 0 amide bonds. The molecule has 194 valence electrons. The fourth-order valence-corrected chi connectivity index (χ4v) is 4.60. The molecule has 2 unspecified atom stereocenters. The minimum atomic E-state index is -0.357. The number of carbonyl (C=O) groups excluding carboxylic acids is 1. The zero-order valence-corrected chi connectivity index (χ0v) is 22.5. The highest BCUT2D eigenvalue weighted by atomic mass is 35.5. The Kier molecular flexibility index (Phi) is 12.2. The van der Waals surface area contributed by atoms with Gasteiger partial charge in [-0.1, -0.05) is 79.7 Å². The van der Waals surface area contributed by atoms with Crippen LogP contribution in [0.2, 0.25) is 0 Å². The number of benzene rings is 3. The molecule has 1 saturated heterocycles. The Morgan fingerprint density at radius 1 is 0.806 bits per heavy atom. The van der Waals surface area contributed by atoms with E-state index in [1.807, 2.05) is 43.3 Å². The molecule has 0 N–H and O–H groups in total. The molecule has 0 radical (unpaired) electrons. The molecule has 1 fully saturated rings. The number of esters is 1. The van der Waals surface area contributed by atoms with Crippen molar-refractivity contribution in [2.24, 2.45) is 0 Å². The molecule has 5 nitrogen and oxygen atoms in total. The van der Waals surface area contributed by atoms with Crippen LogP contribution in [-0.4, -0.2) is 49.1 Å². The van der Waals surface area contributed by atoms with E-state index in [-0.39, 0.29) is 42.9 Å². The highest BCUT2D eigenvalue weighted by Crippen LogP contribution is 2.38. The zero-order chi connectivity index (χ0) is 23.8. The number of nitrogens with zero attached hydrogens (tertiary/aromatic N) is 2. The van der Waals surface area contributed by atoms with E-state index in [1.54, 1.807) is 7.11 Å². The first kappa shape index (κ1) is 29.7. The maximum Gasteiger partial charge on any atom is 0.306 e. The van der Waals surface area contributed by atoms with Gasteiger partial charge in [0, 0.05) is 39.1 Å². The van der Waals surface area contributed by atoms with Crippen molar-refractivity contribution in [1.29, 1.82) is 0 Å². The molecule has 2 atom stereocenters. The van der Waals surface area contributed by atoms with Crippen LogP contribution >= 0.6 is 24.8 Å². The van der Waals surface area contributed by atoms with Crippen LogP contribution in [0.15, 0.2) is 84.9 Å². The largest absolute Gasteiger partial charge is 0.497 e. The molecule has 0 aromatic heterocycles. The first-order valence-corrected chi connectivity index (χ1v) is 12.1. The normalized spacial score (nSPS) is 15.6. The summed E-state index contributed by atoms with van der Waals surface area (Å²) in [5, 5.41) is 0. The van der Waals surface area contributed by atoms with E-state index >= 15 is 0 Å². The second kappa shape index (κ2) is 14.9. The lowest BCUT2D eigenvalue weighted by Gasteiger charge is -2.42. The van der Waals surface area contributed by atoms with Gasteiger partial charge in [-0.25, -0.2) is 0 Å².